The lowest BCUT2D eigenvalue weighted by atomic mass is 9.82. The molecule has 0 aromatic rings. The van der Waals surface area contributed by atoms with Crippen molar-refractivity contribution in [3.8, 4) is 6.07 Å². The number of nitrogens with two attached hydrogens (primary N) is 1. The van der Waals surface area contributed by atoms with Crippen molar-refractivity contribution in [3.63, 3.8) is 0 Å². The molecule has 8 nitrogen and oxygen atoms in total. The van der Waals surface area contributed by atoms with Gasteiger partial charge < -0.3 is 15.8 Å². The molecule has 9 heteroatoms. The van der Waals surface area contributed by atoms with Crippen molar-refractivity contribution in [2.45, 2.75) is 131 Å². The lowest BCUT2D eigenvalue weighted by Gasteiger charge is -2.26. The van der Waals surface area contributed by atoms with Gasteiger partial charge in [-0.25, -0.2) is 0 Å². The molecule has 41 heavy (non-hydrogen) atoms. The number of ether oxygens (including phenoxy) is 1. The van der Waals surface area contributed by atoms with E-state index in [1.54, 1.807) is 0 Å². The van der Waals surface area contributed by atoms with Crippen LogP contribution in [0.2, 0.25) is 0 Å². The molecule has 0 aromatic heterocycles. The van der Waals surface area contributed by atoms with E-state index in [1.807, 2.05) is 13.8 Å². The first-order valence-corrected chi connectivity index (χ1v) is 16.8. The van der Waals surface area contributed by atoms with E-state index in [2.05, 4.69) is 32.2 Å². The minimum atomic E-state index is -0.699. The molecule has 236 valence electrons. The number of esters is 1. The molecule has 0 fully saturated rings. The zero-order valence-corrected chi connectivity index (χ0v) is 27.4. The van der Waals surface area contributed by atoms with Gasteiger partial charge in [0.05, 0.1) is 12.0 Å². The van der Waals surface area contributed by atoms with Crippen LogP contribution >= 0.6 is 11.8 Å². The van der Waals surface area contributed by atoms with Crippen LogP contribution in [0.3, 0.4) is 0 Å². The normalized spacial score (nSPS) is 15.5. The van der Waals surface area contributed by atoms with Crippen LogP contribution in [-0.4, -0.2) is 41.3 Å². The Hall–Kier alpha value is -2.08. The largest absolute Gasteiger partial charge is 0.463 e. The second-order valence-electron chi connectivity index (χ2n) is 11.5. The number of hydrogen-bond acceptors (Lipinski definition) is 7. The fourth-order valence-electron chi connectivity index (χ4n) is 5.04. The number of rotatable bonds is 24. The minimum absolute atomic E-state index is 0.0198. The Morgan fingerprint density at radius 2 is 1.59 bits per heavy atom. The summed E-state index contributed by atoms with van der Waals surface area (Å²) in [7, 11) is 0. The van der Waals surface area contributed by atoms with Crippen molar-refractivity contribution >= 4 is 34.7 Å². The monoisotopic (exact) mass is 595 g/mol. The SMILES string of the molecule is CCCCCCNC(=O)C(C)CC(CC(CC(C#N)CC(CC)OC(C)=O)C(N)=O)C(=O)SCC(CC)CCCC. The van der Waals surface area contributed by atoms with E-state index < -0.39 is 41.7 Å². The summed E-state index contributed by atoms with van der Waals surface area (Å²) in [6, 6.07) is 2.24. The number of primary amides is 1. The van der Waals surface area contributed by atoms with Gasteiger partial charge in [-0.3, -0.25) is 19.2 Å². The van der Waals surface area contributed by atoms with E-state index in [9.17, 15) is 24.4 Å². The van der Waals surface area contributed by atoms with Gasteiger partial charge in [0.2, 0.25) is 11.8 Å². The van der Waals surface area contributed by atoms with E-state index >= 15 is 0 Å². The summed E-state index contributed by atoms with van der Waals surface area (Å²) in [5, 5.41) is 12.8. The number of hydrogen-bond donors (Lipinski definition) is 2. The first-order chi connectivity index (χ1) is 19.5. The van der Waals surface area contributed by atoms with Gasteiger partial charge in [-0.1, -0.05) is 84.9 Å². The summed E-state index contributed by atoms with van der Waals surface area (Å²) in [5.41, 5.74) is 5.80. The predicted molar refractivity (Wildman–Crippen MR) is 167 cm³/mol. The lowest BCUT2D eigenvalue weighted by Crippen LogP contribution is -2.34. The van der Waals surface area contributed by atoms with E-state index in [4.69, 9.17) is 10.5 Å². The highest BCUT2D eigenvalue weighted by Crippen LogP contribution is 2.32. The summed E-state index contributed by atoms with van der Waals surface area (Å²) >= 11 is 1.30. The molecular formula is C32H57N3O5S. The van der Waals surface area contributed by atoms with Crippen LogP contribution in [0.4, 0.5) is 0 Å². The molecule has 0 aliphatic rings. The highest BCUT2D eigenvalue weighted by atomic mass is 32.2. The Labute approximate surface area is 253 Å². The van der Waals surface area contributed by atoms with Crippen molar-refractivity contribution in [1.82, 2.24) is 5.32 Å². The number of unbranched alkanes of at least 4 members (excludes halogenated alkanes) is 4. The van der Waals surface area contributed by atoms with E-state index in [1.165, 1.54) is 18.7 Å². The molecule has 6 atom stereocenters. The number of nitrogens with zero attached hydrogens (tertiary/aromatic N) is 1. The number of carbonyl (C=O) groups excluding carboxylic acids is 4. The summed E-state index contributed by atoms with van der Waals surface area (Å²) in [6.07, 6.45) is 9.69. The second-order valence-corrected chi connectivity index (χ2v) is 12.5. The Morgan fingerprint density at radius 3 is 2.12 bits per heavy atom. The highest BCUT2D eigenvalue weighted by molar-refractivity contribution is 8.13. The number of nitrogens with one attached hydrogen (secondary N) is 1. The third-order valence-electron chi connectivity index (χ3n) is 7.81. The minimum Gasteiger partial charge on any atom is -0.463 e. The molecule has 2 amide bonds. The molecule has 0 spiro atoms. The zero-order chi connectivity index (χ0) is 31.2. The summed E-state index contributed by atoms with van der Waals surface area (Å²) in [6.45, 7) is 12.1. The van der Waals surface area contributed by atoms with Gasteiger partial charge in [0.25, 0.3) is 0 Å². The maximum atomic E-state index is 13.5. The molecule has 0 heterocycles. The average molecular weight is 596 g/mol. The van der Waals surface area contributed by atoms with Gasteiger partial charge in [0.15, 0.2) is 5.12 Å². The Morgan fingerprint density at radius 1 is 0.902 bits per heavy atom. The van der Waals surface area contributed by atoms with Crippen LogP contribution in [0.1, 0.15) is 125 Å². The van der Waals surface area contributed by atoms with Gasteiger partial charge in [-0.2, -0.15) is 5.26 Å². The number of nitriles is 1. The fourth-order valence-corrected chi connectivity index (χ4v) is 6.27. The third kappa shape index (κ3) is 18.1. The molecule has 6 unspecified atom stereocenters. The summed E-state index contributed by atoms with van der Waals surface area (Å²) in [5.74, 6) is -2.08. The van der Waals surface area contributed by atoms with Crippen molar-refractivity contribution in [3.05, 3.63) is 0 Å². The fraction of sp³-hybridized carbons (Fsp3) is 0.844. The van der Waals surface area contributed by atoms with Gasteiger partial charge in [0.1, 0.15) is 6.10 Å². The molecule has 0 aliphatic carbocycles. The Kier molecular flexibility index (Phi) is 22.3. The van der Waals surface area contributed by atoms with Crippen molar-refractivity contribution in [2.24, 2.45) is 35.3 Å². The first-order valence-electron chi connectivity index (χ1n) is 15.8. The average Bonchev–Trinajstić information content (AvgIpc) is 2.94. The maximum Gasteiger partial charge on any atom is 0.302 e. The first kappa shape index (κ1) is 38.9. The molecule has 0 rings (SSSR count). The quantitative estimate of drug-likeness (QED) is 0.0952. The van der Waals surface area contributed by atoms with Crippen molar-refractivity contribution in [1.29, 1.82) is 5.26 Å². The molecule has 0 radical (unpaired) electrons. The van der Waals surface area contributed by atoms with Crippen LogP contribution in [0.25, 0.3) is 0 Å². The lowest BCUT2D eigenvalue weighted by molar-refractivity contribution is -0.147. The van der Waals surface area contributed by atoms with Gasteiger partial charge in [-0.05, 0) is 44.4 Å². The van der Waals surface area contributed by atoms with Crippen LogP contribution in [0.5, 0.6) is 0 Å². The number of amides is 2. The molecule has 0 saturated carbocycles. The van der Waals surface area contributed by atoms with Crippen LogP contribution in [0.15, 0.2) is 0 Å². The molecule has 0 aromatic carbocycles. The van der Waals surface area contributed by atoms with E-state index in [0.29, 0.717) is 37.5 Å². The maximum absolute atomic E-state index is 13.5. The second kappa shape index (κ2) is 23.5. The van der Waals surface area contributed by atoms with Crippen molar-refractivity contribution in [2.75, 3.05) is 12.3 Å². The van der Waals surface area contributed by atoms with Gasteiger partial charge >= 0.3 is 5.97 Å². The summed E-state index contributed by atoms with van der Waals surface area (Å²) in [4.78, 5) is 50.4. The van der Waals surface area contributed by atoms with Gasteiger partial charge in [-0.15, -0.1) is 0 Å². The number of carbonyl (C=O) groups is 4. The third-order valence-corrected chi connectivity index (χ3v) is 9.07. The topological polar surface area (TPSA) is 139 Å². The predicted octanol–water partition coefficient (Wildman–Crippen LogP) is 6.55. The summed E-state index contributed by atoms with van der Waals surface area (Å²) < 4.78 is 5.31. The smallest absolute Gasteiger partial charge is 0.302 e. The van der Waals surface area contributed by atoms with E-state index in [-0.39, 0.29) is 23.9 Å². The van der Waals surface area contributed by atoms with Gasteiger partial charge in [0, 0.05) is 43.4 Å². The Bertz CT molecular complexity index is 816. The molecule has 0 bridgehead atoms. The highest BCUT2D eigenvalue weighted by Gasteiger charge is 2.32. The van der Waals surface area contributed by atoms with Crippen LogP contribution in [0, 0.1) is 40.9 Å². The molecule has 3 N–H and O–H groups in total. The molecule has 0 aliphatic heterocycles. The van der Waals surface area contributed by atoms with Crippen LogP contribution in [-0.2, 0) is 23.9 Å². The molecular weight excluding hydrogens is 538 g/mol. The van der Waals surface area contributed by atoms with Crippen LogP contribution < -0.4 is 11.1 Å². The van der Waals surface area contributed by atoms with E-state index in [0.717, 1.165) is 51.4 Å². The molecule has 0 saturated heterocycles. The zero-order valence-electron chi connectivity index (χ0n) is 26.5. The number of thioether (sulfide) groups is 1. The van der Waals surface area contributed by atoms with Crippen molar-refractivity contribution < 1.29 is 23.9 Å². The Balaban J connectivity index is 5.63. The standard InChI is InChI=1S/C32H57N3O5S/c1-7-11-13-14-16-35-31(38)23(5)17-28(32(39)41-22-25(9-3)15-12-8-2)20-27(30(34)37)18-26(21-33)19-29(10-4)40-24(6)36/h23,25-29H,7-20,22H2,1-6H3,(H2,34,37)(H,35,38).